The largest absolute Gasteiger partial charge is 0.313 e. The summed E-state index contributed by atoms with van der Waals surface area (Å²) in [5.41, 5.74) is 1.77. The maximum Gasteiger partial charge on any atom is 0.128 e. The second-order valence-electron chi connectivity index (χ2n) is 3.92. The van der Waals surface area contributed by atoms with Crippen molar-refractivity contribution in [2.75, 3.05) is 6.54 Å². The lowest BCUT2D eigenvalue weighted by Crippen LogP contribution is -2.11. The second kappa shape index (κ2) is 5.59. The van der Waals surface area contributed by atoms with Crippen molar-refractivity contribution in [2.45, 2.75) is 20.0 Å². The smallest absolute Gasteiger partial charge is 0.128 e. The van der Waals surface area contributed by atoms with E-state index in [1.807, 2.05) is 18.5 Å². The summed E-state index contributed by atoms with van der Waals surface area (Å²) in [6, 6.07) is 6.78. The predicted molar refractivity (Wildman–Crippen MR) is 65.1 cm³/mol. The molecule has 0 amide bonds. The Kier molecular flexibility index (Phi) is 3.88. The van der Waals surface area contributed by atoms with Crippen LogP contribution < -0.4 is 5.32 Å². The molecule has 0 unspecified atom stereocenters. The van der Waals surface area contributed by atoms with Crippen LogP contribution in [0.2, 0.25) is 0 Å². The molecule has 3 nitrogen and oxygen atoms in total. The molecule has 0 aliphatic heterocycles. The van der Waals surface area contributed by atoms with Crippen molar-refractivity contribution < 1.29 is 4.39 Å². The molecule has 0 aliphatic carbocycles. The second-order valence-corrected chi connectivity index (χ2v) is 3.92. The Hall–Kier alpha value is -1.68. The van der Waals surface area contributed by atoms with Crippen LogP contribution in [0.25, 0.3) is 0 Å². The molecule has 0 saturated carbocycles. The zero-order valence-corrected chi connectivity index (χ0v) is 9.86. The molecule has 0 fully saturated rings. The van der Waals surface area contributed by atoms with Gasteiger partial charge in [-0.05, 0) is 12.6 Å². The fourth-order valence-corrected chi connectivity index (χ4v) is 1.65. The lowest BCUT2D eigenvalue weighted by molar-refractivity contribution is 0.585. The van der Waals surface area contributed by atoms with Gasteiger partial charge in [0.2, 0.25) is 0 Å². The van der Waals surface area contributed by atoms with E-state index in [1.54, 1.807) is 16.8 Å². The molecule has 2 rings (SSSR count). The van der Waals surface area contributed by atoms with Gasteiger partial charge in [0, 0.05) is 23.9 Å². The van der Waals surface area contributed by atoms with E-state index in [-0.39, 0.29) is 5.82 Å². The van der Waals surface area contributed by atoms with E-state index < -0.39 is 0 Å². The number of aromatic nitrogens is 2. The summed E-state index contributed by atoms with van der Waals surface area (Å²) in [5, 5.41) is 7.44. The minimum absolute atomic E-state index is 0.184. The van der Waals surface area contributed by atoms with Crippen LogP contribution in [-0.2, 0) is 13.1 Å². The van der Waals surface area contributed by atoms with Crippen molar-refractivity contribution in [2.24, 2.45) is 0 Å². The summed E-state index contributed by atoms with van der Waals surface area (Å²) >= 11 is 0. The Morgan fingerprint density at radius 3 is 2.94 bits per heavy atom. The monoisotopic (exact) mass is 233 g/mol. The highest BCUT2D eigenvalue weighted by atomic mass is 19.1. The zero-order chi connectivity index (χ0) is 12.1. The predicted octanol–water partition coefficient (Wildman–Crippen LogP) is 2.18. The highest BCUT2D eigenvalue weighted by molar-refractivity contribution is 5.18. The van der Waals surface area contributed by atoms with Crippen molar-refractivity contribution in [3.05, 3.63) is 53.6 Å². The number of halogens is 1. The van der Waals surface area contributed by atoms with Gasteiger partial charge >= 0.3 is 0 Å². The zero-order valence-electron chi connectivity index (χ0n) is 9.86. The average Bonchev–Trinajstić information content (AvgIpc) is 2.77. The van der Waals surface area contributed by atoms with Crippen LogP contribution in [0.3, 0.4) is 0 Å². The third kappa shape index (κ3) is 3.14. The van der Waals surface area contributed by atoms with Crippen LogP contribution in [0.1, 0.15) is 18.1 Å². The number of hydrogen-bond donors (Lipinski definition) is 1. The molecule has 2 aromatic rings. The van der Waals surface area contributed by atoms with Crippen LogP contribution in [0.5, 0.6) is 0 Å². The average molecular weight is 233 g/mol. The number of rotatable bonds is 5. The summed E-state index contributed by atoms with van der Waals surface area (Å²) < 4.78 is 15.2. The highest BCUT2D eigenvalue weighted by Crippen LogP contribution is 2.08. The molecule has 17 heavy (non-hydrogen) atoms. The molecule has 1 N–H and O–H groups in total. The summed E-state index contributed by atoms with van der Waals surface area (Å²) in [5.74, 6) is -0.184. The van der Waals surface area contributed by atoms with Crippen LogP contribution in [0.15, 0.2) is 36.7 Å². The number of hydrogen-bond acceptors (Lipinski definition) is 2. The third-order valence-corrected chi connectivity index (χ3v) is 2.56. The van der Waals surface area contributed by atoms with Gasteiger partial charge in [0.25, 0.3) is 0 Å². The number of nitrogens with zero attached hydrogens (tertiary/aromatic N) is 2. The van der Waals surface area contributed by atoms with E-state index in [2.05, 4.69) is 17.3 Å². The molecule has 0 atom stereocenters. The molecule has 0 saturated heterocycles. The standard InChI is InChI=1S/C13H16FN3/c1-2-15-7-11-8-16-17(9-11)10-12-5-3-4-6-13(12)14/h3-6,8-9,15H,2,7,10H2,1H3. The molecule has 90 valence electrons. The van der Waals surface area contributed by atoms with Crippen molar-refractivity contribution in [3.63, 3.8) is 0 Å². The van der Waals surface area contributed by atoms with Gasteiger partial charge in [0.15, 0.2) is 0 Å². The van der Waals surface area contributed by atoms with Crippen molar-refractivity contribution in [1.29, 1.82) is 0 Å². The van der Waals surface area contributed by atoms with Crippen LogP contribution in [-0.4, -0.2) is 16.3 Å². The van der Waals surface area contributed by atoms with Gasteiger partial charge in [-0.1, -0.05) is 25.1 Å². The van der Waals surface area contributed by atoms with Crippen molar-refractivity contribution >= 4 is 0 Å². The van der Waals surface area contributed by atoms with Gasteiger partial charge in [-0.3, -0.25) is 4.68 Å². The lowest BCUT2D eigenvalue weighted by Gasteiger charge is -2.02. The SMILES string of the molecule is CCNCc1cnn(Cc2ccccc2F)c1. The van der Waals surface area contributed by atoms with E-state index in [4.69, 9.17) is 0 Å². The van der Waals surface area contributed by atoms with E-state index in [9.17, 15) is 4.39 Å². The third-order valence-electron chi connectivity index (χ3n) is 2.56. The van der Waals surface area contributed by atoms with E-state index in [0.717, 1.165) is 18.7 Å². The Morgan fingerprint density at radius 1 is 1.35 bits per heavy atom. The molecular weight excluding hydrogens is 217 g/mol. The summed E-state index contributed by atoms with van der Waals surface area (Å²) in [6.07, 6.45) is 3.75. The Labute approximate surface area is 100 Å². The molecule has 0 radical (unpaired) electrons. The maximum absolute atomic E-state index is 13.4. The molecule has 0 spiro atoms. The van der Waals surface area contributed by atoms with Gasteiger partial charge in [0.05, 0.1) is 12.7 Å². The molecule has 1 aromatic heterocycles. The Bertz CT molecular complexity index is 479. The molecule has 1 aromatic carbocycles. The normalized spacial score (nSPS) is 10.7. The van der Waals surface area contributed by atoms with Crippen molar-refractivity contribution in [1.82, 2.24) is 15.1 Å². The summed E-state index contributed by atoms with van der Waals surface area (Å²) in [6.45, 7) is 4.26. The fraction of sp³-hybridized carbons (Fsp3) is 0.308. The first-order chi connectivity index (χ1) is 8.29. The first-order valence-corrected chi connectivity index (χ1v) is 5.75. The van der Waals surface area contributed by atoms with E-state index in [0.29, 0.717) is 12.1 Å². The first-order valence-electron chi connectivity index (χ1n) is 5.75. The molecule has 0 aliphatic rings. The van der Waals surface area contributed by atoms with Gasteiger partial charge < -0.3 is 5.32 Å². The molecule has 4 heteroatoms. The van der Waals surface area contributed by atoms with Gasteiger partial charge in [-0.25, -0.2) is 4.39 Å². The van der Waals surface area contributed by atoms with Crippen molar-refractivity contribution in [3.8, 4) is 0 Å². The number of benzene rings is 1. The van der Waals surface area contributed by atoms with E-state index >= 15 is 0 Å². The first kappa shape index (κ1) is 11.8. The Balaban J connectivity index is 2.04. The van der Waals surface area contributed by atoms with E-state index in [1.165, 1.54) is 6.07 Å². The molecular formula is C13H16FN3. The lowest BCUT2D eigenvalue weighted by atomic mass is 10.2. The fourth-order valence-electron chi connectivity index (χ4n) is 1.65. The number of nitrogens with one attached hydrogen (secondary N) is 1. The minimum atomic E-state index is -0.184. The van der Waals surface area contributed by atoms with Gasteiger partial charge in [-0.15, -0.1) is 0 Å². The van der Waals surface area contributed by atoms with Gasteiger partial charge in [-0.2, -0.15) is 5.10 Å². The van der Waals surface area contributed by atoms with Gasteiger partial charge in [0.1, 0.15) is 5.82 Å². The van der Waals surface area contributed by atoms with Crippen LogP contribution >= 0.6 is 0 Å². The van der Waals surface area contributed by atoms with Crippen LogP contribution in [0.4, 0.5) is 4.39 Å². The topological polar surface area (TPSA) is 29.9 Å². The minimum Gasteiger partial charge on any atom is -0.313 e. The quantitative estimate of drug-likeness (QED) is 0.857. The molecule has 0 bridgehead atoms. The molecule has 1 heterocycles. The maximum atomic E-state index is 13.4. The summed E-state index contributed by atoms with van der Waals surface area (Å²) in [4.78, 5) is 0. The Morgan fingerprint density at radius 2 is 2.18 bits per heavy atom. The van der Waals surface area contributed by atoms with Crippen LogP contribution in [0, 0.1) is 5.82 Å². The highest BCUT2D eigenvalue weighted by Gasteiger charge is 2.03. The summed E-state index contributed by atoms with van der Waals surface area (Å²) in [7, 11) is 0.